The van der Waals surface area contributed by atoms with Crippen LogP contribution in [0.3, 0.4) is 0 Å². The molecule has 5 nitrogen and oxygen atoms in total. The van der Waals surface area contributed by atoms with Gasteiger partial charge in [0.15, 0.2) is 0 Å². The van der Waals surface area contributed by atoms with Crippen molar-refractivity contribution in [3.05, 3.63) is 71.3 Å². The fourth-order valence-electron chi connectivity index (χ4n) is 4.14. The summed E-state index contributed by atoms with van der Waals surface area (Å²) in [7, 11) is 1.66. The molecule has 0 bridgehead atoms. The molecular formula is C22H25N3O2. The molecule has 140 valence electrons. The molecule has 4 rings (SSSR count). The van der Waals surface area contributed by atoms with Crippen molar-refractivity contribution in [2.75, 3.05) is 13.7 Å². The molecule has 1 aliphatic heterocycles. The number of nitrogens with zero attached hydrogens (tertiary/aromatic N) is 3. The topological polar surface area (TPSA) is 39.4 Å². The largest absolute Gasteiger partial charge is 0.497 e. The molecule has 0 spiro atoms. The number of ether oxygens (including phenoxy) is 1. The first kappa shape index (κ1) is 17.5. The molecule has 0 N–H and O–H groups in total. The van der Waals surface area contributed by atoms with E-state index in [1.165, 1.54) is 5.69 Å². The molecule has 5 heteroatoms. The molecule has 27 heavy (non-hydrogen) atoms. The fraction of sp³-hybridized carbons (Fsp3) is 0.318. The molecule has 1 amide bonds. The average Bonchev–Trinajstić information content (AvgIpc) is 3.26. The predicted molar refractivity (Wildman–Crippen MR) is 106 cm³/mol. The van der Waals surface area contributed by atoms with Crippen LogP contribution >= 0.6 is 0 Å². The Bertz CT molecular complexity index is 999. The second-order valence-corrected chi connectivity index (χ2v) is 7.12. The van der Waals surface area contributed by atoms with E-state index in [0.29, 0.717) is 0 Å². The minimum atomic E-state index is 0.0705. The second kappa shape index (κ2) is 6.65. The Balaban J connectivity index is 1.70. The molecule has 3 heterocycles. The average molecular weight is 363 g/mol. The number of rotatable bonds is 3. The molecule has 1 unspecified atom stereocenters. The standard InChI is InChI=1S/C22H25N3O2/c1-15-13-20(16(2)25(15)18-7-5-8-19(14-18)27-4)22(26)24-12-11-23-10-6-9-21(23)17(24)3/h5-10,13-14,17H,11-12H2,1-4H3. The van der Waals surface area contributed by atoms with Crippen molar-refractivity contribution in [1.29, 1.82) is 0 Å². The lowest BCUT2D eigenvalue weighted by atomic mass is 10.1. The Kier molecular flexibility index (Phi) is 4.30. The lowest BCUT2D eigenvalue weighted by molar-refractivity contribution is 0.0643. The van der Waals surface area contributed by atoms with Crippen LogP contribution in [-0.4, -0.2) is 33.6 Å². The predicted octanol–water partition coefficient (Wildman–Crippen LogP) is 4.12. The minimum Gasteiger partial charge on any atom is -0.497 e. The molecule has 0 saturated heterocycles. The lowest BCUT2D eigenvalue weighted by Gasteiger charge is -2.35. The molecule has 1 aliphatic rings. The van der Waals surface area contributed by atoms with E-state index in [-0.39, 0.29) is 11.9 Å². The van der Waals surface area contributed by atoms with E-state index >= 15 is 0 Å². The third-order valence-electron chi connectivity index (χ3n) is 5.58. The summed E-state index contributed by atoms with van der Waals surface area (Å²) in [5.74, 6) is 0.899. The van der Waals surface area contributed by atoms with Crippen LogP contribution in [0.25, 0.3) is 5.69 Å². The number of benzene rings is 1. The van der Waals surface area contributed by atoms with Gasteiger partial charge in [-0.1, -0.05) is 6.07 Å². The molecule has 0 radical (unpaired) electrons. The van der Waals surface area contributed by atoms with Crippen molar-refractivity contribution < 1.29 is 9.53 Å². The highest BCUT2D eigenvalue weighted by molar-refractivity contribution is 5.96. The Morgan fingerprint density at radius 1 is 1.11 bits per heavy atom. The summed E-state index contributed by atoms with van der Waals surface area (Å²) in [6, 6.07) is 14.1. The monoisotopic (exact) mass is 363 g/mol. The first-order valence-electron chi connectivity index (χ1n) is 9.30. The number of fused-ring (bicyclic) bond motifs is 1. The van der Waals surface area contributed by atoms with Gasteiger partial charge in [0.2, 0.25) is 0 Å². The highest BCUT2D eigenvalue weighted by Crippen LogP contribution is 2.30. The summed E-state index contributed by atoms with van der Waals surface area (Å²) in [5, 5.41) is 0. The number of aryl methyl sites for hydroxylation is 1. The van der Waals surface area contributed by atoms with Gasteiger partial charge in [0.1, 0.15) is 5.75 Å². The van der Waals surface area contributed by atoms with Gasteiger partial charge in [-0.3, -0.25) is 4.79 Å². The van der Waals surface area contributed by atoms with E-state index in [1.54, 1.807) is 7.11 Å². The third-order valence-corrected chi connectivity index (χ3v) is 5.58. The summed E-state index contributed by atoms with van der Waals surface area (Å²) < 4.78 is 9.70. The maximum Gasteiger partial charge on any atom is 0.256 e. The number of aromatic nitrogens is 2. The van der Waals surface area contributed by atoms with Gasteiger partial charge in [-0.15, -0.1) is 0 Å². The number of carbonyl (C=O) groups excluding carboxylic acids is 1. The number of amides is 1. The smallest absolute Gasteiger partial charge is 0.256 e. The van der Waals surface area contributed by atoms with Crippen molar-refractivity contribution >= 4 is 5.91 Å². The zero-order valence-electron chi connectivity index (χ0n) is 16.3. The summed E-state index contributed by atoms with van der Waals surface area (Å²) in [6.07, 6.45) is 2.09. The van der Waals surface area contributed by atoms with E-state index < -0.39 is 0 Å². The summed E-state index contributed by atoms with van der Waals surface area (Å²) in [6.45, 7) is 7.72. The quantitative estimate of drug-likeness (QED) is 0.702. The van der Waals surface area contributed by atoms with E-state index in [1.807, 2.05) is 49.1 Å². The molecule has 1 atom stereocenters. The Morgan fingerprint density at radius 3 is 2.70 bits per heavy atom. The Labute approximate surface area is 159 Å². The maximum atomic E-state index is 13.4. The van der Waals surface area contributed by atoms with Crippen molar-refractivity contribution in [3.63, 3.8) is 0 Å². The Morgan fingerprint density at radius 2 is 1.93 bits per heavy atom. The highest BCUT2D eigenvalue weighted by atomic mass is 16.5. The minimum absolute atomic E-state index is 0.0705. The van der Waals surface area contributed by atoms with Gasteiger partial charge in [0.05, 0.1) is 18.7 Å². The van der Waals surface area contributed by atoms with Gasteiger partial charge in [-0.25, -0.2) is 0 Å². The van der Waals surface area contributed by atoms with Gasteiger partial charge >= 0.3 is 0 Å². The van der Waals surface area contributed by atoms with Crippen molar-refractivity contribution in [1.82, 2.24) is 14.0 Å². The molecule has 0 aliphatic carbocycles. The summed E-state index contributed by atoms with van der Waals surface area (Å²) >= 11 is 0. The van der Waals surface area contributed by atoms with Gasteiger partial charge in [0, 0.05) is 48.1 Å². The van der Waals surface area contributed by atoms with Crippen LogP contribution in [0.5, 0.6) is 5.75 Å². The first-order valence-corrected chi connectivity index (χ1v) is 9.30. The SMILES string of the molecule is COc1cccc(-n2c(C)cc(C(=O)N3CCn4cccc4C3C)c2C)c1. The van der Waals surface area contributed by atoms with Crippen LogP contribution in [-0.2, 0) is 6.54 Å². The van der Waals surface area contributed by atoms with Crippen LogP contribution in [0.4, 0.5) is 0 Å². The van der Waals surface area contributed by atoms with Crippen molar-refractivity contribution in [2.24, 2.45) is 0 Å². The van der Waals surface area contributed by atoms with E-state index in [2.05, 4.69) is 34.4 Å². The zero-order chi connectivity index (χ0) is 19.1. The zero-order valence-corrected chi connectivity index (χ0v) is 16.3. The van der Waals surface area contributed by atoms with E-state index in [4.69, 9.17) is 4.74 Å². The maximum absolute atomic E-state index is 13.4. The van der Waals surface area contributed by atoms with Crippen LogP contribution in [0.1, 0.15) is 40.4 Å². The van der Waals surface area contributed by atoms with Crippen LogP contribution < -0.4 is 4.74 Å². The van der Waals surface area contributed by atoms with Crippen molar-refractivity contribution in [3.8, 4) is 11.4 Å². The molecule has 2 aromatic heterocycles. The Hall–Kier alpha value is -2.95. The lowest BCUT2D eigenvalue weighted by Crippen LogP contribution is -2.40. The molecular weight excluding hydrogens is 338 g/mol. The normalized spacial score (nSPS) is 16.3. The van der Waals surface area contributed by atoms with E-state index in [0.717, 1.165) is 41.5 Å². The number of hydrogen-bond acceptors (Lipinski definition) is 2. The van der Waals surface area contributed by atoms with Crippen LogP contribution in [0.15, 0.2) is 48.7 Å². The van der Waals surface area contributed by atoms with Gasteiger partial charge in [-0.2, -0.15) is 0 Å². The second-order valence-electron chi connectivity index (χ2n) is 7.12. The molecule has 0 saturated carbocycles. The fourth-order valence-corrected chi connectivity index (χ4v) is 4.14. The van der Waals surface area contributed by atoms with E-state index in [9.17, 15) is 4.79 Å². The van der Waals surface area contributed by atoms with Gasteiger partial charge < -0.3 is 18.8 Å². The summed E-state index contributed by atoms with van der Waals surface area (Å²) in [5.41, 5.74) is 4.96. The van der Waals surface area contributed by atoms with Crippen molar-refractivity contribution in [2.45, 2.75) is 33.4 Å². The first-order chi connectivity index (χ1) is 13.0. The highest BCUT2D eigenvalue weighted by Gasteiger charge is 2.30. The number of carbonyl (C=O) groups is 1. The number of methoxy groups -OCH3 is 1. The third kappa shape index (κ3) is 2.83. The molecule has 0 fully saturated rings. The molecule has 3 aromatic rings. The summed E-state index contributed by atoms with van der Waals surface area (Å²) in [4.78, 5) is 15.3. The van der Waals surface area contributed by atoms with Crippen LogP contribution in [0.2, 0.25) is 0 Å². The van der Waals surface area contributed by atoms with Gasteiger partial charge in [-0.05, 0) is 51.1 Å². The van der Waals surface area contributed by atoms with Gasteiger partial charge in [0.25, 0.3) is 5.91 Å². The molecule has 1 aromatic carbocycles. The number of hydrogen-bond donors (Lipinski definition) is 0. The van der Waals surface area contributed by atoms with Crippen LogP contribution in [0, 0.1) is 13.8 Å².